The normalized spacial score (nSPS) is 22.3. The van der Waals surface area contributed by atoms with Crippen molar-refractivity contribution >= 4 is 5.91 Å². The van der Waals surface area contributed by atoms with Crippen LogP contribution in [0.5, 0.6) is 0 Å². The van der Waals surface area contributed by atoms with Gasteiger partial charge in [0.15, 0.2) is 0 Å². The quantitative estimate of drug-likeness (QED) is 0.876. The highest BCUT2D eigenvalue weighted by atomic mass is 19.1. The first kappa shape index (κ1) is 16.0. The Hall–Kier alpha value is -1.42. The minimum absolute atomic E-state index is 0.0625. The van der Waals surface area contributed by atoms with Gasteiger partial charge in [0.2, 0.25) is 5.91 Å². The van der Waals surface area contributed by atoms with Crippen LogP contribution in [-0.2, 0) is 10.2 Å². The van der Waals surface area contributed by atoms with Crippen LogP contribution in [0.1, 0.15) is 45.1 Å². The summed E-state index contributed by atoms with van der Waals surface area (Å²) in [6.45, 7) is 4.63. The summed E-state index contributed by atoms with van der Waals surface area (Å²) < 4.78 is 13.0. The Morgan fingerprint density at radius 2 is 2.00 bits per heavy atom. The first-order chi connectivity index (χ1) is 9.88. The number of nitrogens with two attached hydrogens (primary N) is 1. The minimum atomic E-state index is -0.242. The van der Waals surface area contributed by atoms with Gasteiger partial charge < -0.3 is 11.1 Å². The molecule has 3 nitrogen and oxygen atoms in total. The summed E-state index contributed by atoms with van der Waals surface area (Å²) in [6.07, 6.45) is 3.72. The molecule has 1 saturated carbocycles. The molecule has 1 amide bonds. The number of hydrogen-bond donors (Lipinski definition) is 2. The molecule has 0 aromatic heterocycles. The van der Waals surface area contributed by atoms with Gasteiger partial charge in [0, 0.05) is 24.4 Å². The Balaban J connectivity index is 1.86. The molecule has 1 fully saturated rings. The predicted octanol–water partition coefficient (Wildman–Crippen LogP) is 2.74. The molecule has 1 aliphatic carbocycles. The van der Waals surface area contributed by atoms with E-state index in [1.807, 2.05) is 13.8 Å². The number of halogens is 1. The van der Waals surface area contributed by atoms with Crippen molar-refractivity contribution in [1.29, 1.82) is 0 Å². The van der Waals surface area contributed by atoms with Crippen molar-refractivity contribution in [1.82, 2.24) is 5.32 Å². The lowest BCUT2D eigenvalue weighted by atomic mass is 9.84. The summed E-state index contributed by atoms with van der Waals surface area (Å²) >= 11 is 0. The Kier molecular flexibility index (Phi) is 4.99. The highest BCUT2D eigenvalue weighted by Gasteiger charge is 2.27. The molecular formula is C17H25FN2O. The average Bonchev–Trinajstić information content (AvgIpc) is 2.83. The number of benzene rings is 1. The second-order valence-corrected chi connectivity index (χ2v) is 6.73. The molecule has 0 bridgehead atoms. The van der Waals surface area contributed by atoms with Gasteiger partial charge in [-0.2, -0.15) is 0 Å². The first-order valence-corrected chi connectivity index (χ1v) is 7.67. The third-order valence-electron chi connectivity index (χ3n) is 4.52. The smallest absolute Gasteiger partial charge is 0.220 e. The Morgan fingerprint density at radius 1 is 1.33 bits per heavy atom. The van der Waals surface area contributed by atoms with Crippen molar-refractivity contribution in [2.24, 2.45) is 11.7 Å². The maximum atomic E-state index is 13.0. The molecule has 21 heavy (non-hydrogen) atoms. The number of amides is 1. The van der Waals surface area contributed by atoms with Gasteiger partial charge in [0.1, 0.15) is 5.82 Å². The zero-order chi connectivity index (χ0) is 15.5. The molecule has 0 aliphatic heterocycles. The molecule has 2 atom stereocenters. The fourth-order valence-corrected chi connectivity index (χ4v) is 2.95. The minimum Gasteiger partial charge on any atom is -0.355 e. The Bertz CT molecular complexity index is 484. The molecule has 0 unspecified atom stereocenters. The Labute approximate surface area is 126 Å². The van der Waals surface area contributed by atoms with Crippen LogP contribution in [0, 0.1) is 11.7 Å². The van der Waals surface area contributed by atoms with Gasteiger partial charge in [0.05, 0.1) is 0 Å². The van der Waals surface area contributed by atoms with Crippen LogP contribution in [0.2, 0.25) is 0 Å². The molecule has 1 aromatic carbocycles. The summed E-state index contributed by atoms with van der Waals surface area (Å²) in [5.74, 6) is 0.139. The van der Waals surface area contributed by atoms with Crippen molar-refractivity contribution in [3.8, 4) is 0 Å². The van der Waals surface area contributed by atoms with E-state index in [4.69, 9.17) is 5.73 Å². The molecule has 2 rings (SSSR count). The summed E-state index contributed by atoms with van der Waals surface area (Å²) in [5.41, 5.74) is 6.79. The van der Waals surface area contributed by atoms with Gasteiger partial charge in [-0.25, -0.2) is 4.39 Å². The first-order valence-electron chi connectivity index (χ1n) is 7.67. The topological polar surface area (TPSA) is 55.1 Å². The van der Waals surface area contributed by atoms with Gasteiger partial charge in [-0.3, -0.25) is 4.79 Å². The van der Waals surface area contributed by atoms with Crippen LogP contribution in [0.3, 0.4) is 0 Å². The maximum absolute atomic E-state index is 13.0. The lowest BCUT2D eigenvalue weighted by Gasteiger charge is -2.26. The summed E-state index contributed by atoms with van der Waals surface area (Å²) in [6, 6.07) is 6.62. The highest BCUT2D eigenvalue weighted by Crippen LogP contribution is 2.27. The van der Waals surface area contributed by atoms with Crippen LogP contribution in [-0.4, -0.2) is 18.5 Å². The molecule has 0 heterocycles. The van der Waals surface area contributed by atoms with Gasteiger partial charge in [-0.15, -0.1) is 0 Å². The van der Waals surface area contributed by atoms with E-state index in [1.54, 1.807) is 12.1 Å². The molecule has 0 radical (unpaired) electrons. The van der Waals surface area contributed by atoms with Crippen molar-refractivity contribution in [3.05, 3.63) is 35.6 Å². The van der Waals surface area contributed by atoms with Gasteiger partial charge in [-0.05, 0) is 36.5 Å². The average molecular weight is 292 g/mol. The molecular weight excluding hydrogens is 267 g/mol. The predicted molar refractivity (Wildman–Crippen MR) is 82.4 cm³/mol. The van der Waals surface area contributed by atoms with Crippen LogP contribution < -0.4 is 11.1 Å². The summed E-state index contributed by atoms with van der Waals surface area (Å²) in [4.78, 5) is 12.1. The van der Waals surface area contributed by atoms with Crippen molar-refractivity contribution in [3.63, 3.8) is 0 Å². The second kappa shape index (κ2) is 6.56. The monoisotopic (exact) mass is 292 g/mol. The number of hydrogen-bond acceptors (Lipinski definition) is 2. The lowest BCUT2D eigenvalue weighted by Crippen LogP contribution is -2.38. The van der Waals surface area contributed by atoms with Crippen LogP contribution in [0.25, 0.3) is 0 Å². The van der Waals surface area contributed by atoms with Crippen molar-refractivity contribution in [2.75, 3.05) is 6.54 Å². The zero-order valence-corrected chi connectivity index (χ0v) is 12.9. The van der Waals surface area contributed by atoms with Crippen LogP contribution in [0.15, 0.2) is 24.3 Å². The van der Waals surface area contributed by atoms with E-state index < -0.39 is 0 Å². The van der Waals surface area contributed by atoms with Gasteiger partial charge in [-0.1, -0.05) is 32.4 Å². The molecule has 4 heteroatoms. The number of nitrogens with one attached hydrogen (secondary N) is 1. The van der Waals surface area contributed by atoms with Crippen molar-refractivity contribution in [2.45, 2.75) is 51.0 Å². The van der Waals surface area contributed by atoms with E-state index in [0.717, 1.165) is 24.8 Å². The van der Waals surface area contributed by atoms with Crippen LogP contribution in [0.4, 0.5) is 4.39 Å². The Morgan fingerprint density at radius 3 is 2.57 bits per heavy atom. The fraction of sp³-hybridized carbons (Fsp3) is 0.588. The maximum Gasteiger partial charge on any atom is 0.220 e. The standard InChI is InChI=1S/C17H25FN2O/c1-17(2,13-6-8-14(18)9-7-13)11-20-16(21)10-12-4-3-5-15(12)19/h6-9,12,15H,3-5,10-11,19H2,1-2H3,(H,20,21)/t12-,15+/m0/s1. The lowest BCUT2D eigenvalue weighted by molar-refractivity contribution is -0.122. The van der Waals surface area contributed by atoms with E-state index in [-0.39, 0.29) is 23.2 Å². The molecule has 3 N–H and O–H groups in total. The fourth-order valence-electron chi connectivity index (χ4n) is 2.95. The van der Waals surface area contributed by atoms with E-state index in [0.29, 0.717) is 18.9 Å². The molecule has 1 aromatic rings. The van der Waals surface area contributed by atoms with Crippen molar-refractivity contribution < 1.29 is 9.18 Å². The van der Waals surface area contributed by atoms with Gasteiger partial charge >= 0.3 is 0 Å². The highest BCUT2D eigenvalue weighted by molar-refractivity contribution is 5.76. The summed E-state index contributed by atoms with van der Waals surface area (Å²) in [7, 11) is 0. The van der Waals surface area contributed by atoms with E-state index in [1.165, 1.54) is 12.1 Å². The molecule has 116 valence electrons. The van der Waals surface area contributed by atoms with E-state index >= 15 is 0 Å². The second-order valence-electron chi connectivity index (χ2n) is 6.73. The third kappa shape index (κ3) is 4.27. The van der Waals surface area contributed by atoms with Gasteiger partial charge in [0.25, 0.3) is 0 Å². The molecule has 1 aliphatic rings. The third-order valence-corrected chi connectivity index (χ3v) is 4.52. The van der Waals surface area contributed by atoms with E-state index in [2.05, 4.69) is 5.32 Å². The van der Waals surface area contributed by atoms with Crippen LogP contribution >= 0.6 is 0 Å². The molecule has 0 saturated heterocycles. The van der Waals surface area contributed by atoms with E-state index in [9.17, 15) is 9.18 Å². The largest absolute Gasteiger partial charge is 0.355 e. The number of carbonyl (C=O) groups is 1. The molecule has 0 spiro atoms. The number of carbonyl (C=O) groups excluding carboxylic acids is 1. The number of rotatable bonds is 5. The zero-order valence-electron chi connectivity index (χ0n) is 12.9. The summed E-state index contributed by atoms with van der Waals surface area (Å²) in [5, 5.41) is 3.00. The SMILES string of the molecule is CC(C)(CNC(=O)C[C@@H]1CCC[C@H]1N)c1ccc(F)cc1.